The van der Waals surface area contributed by atoms with E-state index in [1.807, 2.05) is 0 Å². The highest BCUT2D eigenvalue weighted by Crippen LogP contribution is 2.38. The van der Waals surface area contributed by atoms with Gasteiger partial charge in [-0.15, -0.1) is 0 Å². The topological polar surface area (TPSA) is 76.7 Å². The Morgan fingerprint density at radius 3 is 2.80 bits per heavy atom. The fourth-order valence-corrected chi connectivity index (χ4v) is 1.08. The first-order valence-corrected chi connectivity index (χ1v) is 3.84. The molecule has 8 heteroatoms. The fourth-order valence-electron chi connectivity index (χ4n) is 1.08. The van der Waals surface area contributed by atoms with Crippen molar-refractivity contribution < 1.29 is 23.1 Å². The summed E-state index contributed by atoms with van der Waals surface area (Å²) in [4.78, 5) is 11.0. The molecule has 1 unspecified atom stereocenters. The molecule has 1 aliphatic rings. The summed E-state index contributed by atoms with van der Waals surface area (Å²) in [7, 11) is 0. The Morgan fingerprint density at radius 2 is 2.33 bits per heavy atom. The lowest BCUT2D eigenvalue weighted by molar-refractivity contribution is -0.302. The van der Waals surface area contributed by atoms with Gasteiger partial charge in [0, 0.05) is 12.6 Å². The van der Waals surface area contributed by atoms with Gasteiger partial charge in [0.05, 0.1) is 6.07 Å². The Labute approximate surface area is 82.4 Å². The second-order valence-corrected chi connectivity index (χ2v) is 2.86. The van der Waals surface area contributed by atoms with Crippen LogP contribution in [0.1, 0.15) is 12.8 Å². The number of hydrogen-bond donors (Lipinski definition) is 1. The van der Waals surface area contributed by atoms with Crippen molar-refractivity contribution in [3.05, 3.63) is 0 Å². The Balaban J connectivity index is 2.95. The lowest BCUT2D eigenvalue weighted by Crippen LogP contribution is -2.56. The largest absolute Gasteiger partial charge is 0.438 e. The first-order chi connectivity index (χ1) is 6.83. The molecular weight excluding hydrogens is 215 g/mol. The van der Waals surface area contributed by atoms with Gasteiger partial charge in [-0.05, 0) is 0 Å². The molecule has 0 spiro atoms. The van der Waals surface area contributed by atoms with E-state index in [2.05, 4.69) is 5.10 Å². The summed E-state index contributed by atoms with van der Waals surface area (Å²) in [5.41, 5.74) is -3.32. The molecule has 0 aromatic heterocycles. The number of aliphatic hydroxyl groups is 1. The molecule has 1 amide bonds. The Hall–Kier alpha value is -1.62. The van der Waals surface area contributed by atoms with E-state index in [4.69, 9.17) is 5.26 Å². The fraction of sp³-hybridized carbons (Fsp3) is 0.571. The average Bonchev–Trinajstić information content (AvgIpc) is 2.48. The number of nitrogens with zero attached hydrogens (tertiary/aromatic N) is 3. The standard InChI is InChI=1S/C7H6F3N3O2/c8-7(9,10)6(15)2-4-12-13(6)5(14)1-3-11/h4,15H,1-2H2. The lowest BCUT2D eigenvalue weighted by atomic mass is 10.1. The van der Waals surface area contributed by atoms with Crippen LogP contribution in [0.5, 0.6) is 0 Å². The predicted octanol–water partition coefficient (Wildman–Crippen LogP) is 0.369. The van der Waals surface area contributed by atoms with Crippen LogP contribution < -0.4 is 0 Å². The second kappa shape index (κ2) is 3.51. The van der Waals surface area contributed by atoms with E-state index >= 15 is 0 Å². The van der Waals surface area contributed by atoms with E-state index < -0.39 is 30.7 Å². The van der Waals surface area contributed by atoms with E-state index in [1.165, 1.54) is 6.07 Å². The third-order valence-electron chi connectivity index (χ3n) is 1.84. The van der Waals surface area contributed by atoms with Crippen LogP contribution in [0, 0.1) is 11.3 Å². The molecule has 0 fully saturated rings. The van der Waals surface area contributed by atoms with Gasteiger partial charge in [0.15, 0.2) is 0 Å². The molecule has 1 rings (SSSR count). The van der Waals surface area contributed by atoms with Crippen LogP contribution in [0.25, 0.3) is 0 Å². The van der Waals surface area contributed by atoms with Crippen LogP contribution in [0.3, 0.4) is 0 Å². The Morgan fingerprint density at radius 1 is 1.73 bits per heavy atom. The van der Waals surface area contributed by atoms with E-state index in [1.54, 1.807) is 0 Å². The van der Waals surface area contributed by atoms with Crippen molar-refractivity contribution in [3.8, 4) is 6.07 Å². The highest BCUT2D eigenvalue weighted by Gasteiger charge is 2.61. The van der Waals surface area contributed by atoms with Crippen molar-refractivity contribution in [2.45, 2.75) is 24.7 Å². The van der Waals surface area contributed by atoms with Crippen LogP contribution in [0.15, 0.2) is 5.10 Å². The monoisotopic (exact) mass is 221 g/mol. The second-order valence-electron chi connectivity index (χ2n) is 2.86. The quantitative estimate of drug-likeness (QED) is 0.694. The minimum absolute atomic E-state index is 0.101. The number of carbonyl (C=O) groups excluding carboxylic acids is 1. The van der Waals surface area contributed by atoms with E-state index in [0.717, 1.165) is 6.21 Å². The van der Waals surface area contributed by atoms with Gasteiger partial charge in [-0.25, -0.2) is 0 Å². The minimum Gasteiger partial charge on any atom is -0.362 e. The molecule has 82 valence electrons. The van der Waals surface area contributed by atoms with E-state index in [0.29, 0.717) is 0 Å². The summed E-state index contributed by atoms with van der Waals surface area (Å²) in [5.74, 6) is -1.19. The average molecular weight is 221 g/mol. The smallest absolute Gasteiger partial charge is 0.362 e. The molecule has 0 radical (unpaired) electrons. The maximum absolute atomic E-state index is 12.4. The van der Waals surface area contributed by atoms with Gasteiger partial charge in [-0.1, -0.05) is 0 Å². The number of hydrazone groups is 1. The molecule has 0 saturated heterocycles. The van der Waals surface area contributed by atoms with Crippen molar-refractivity contribution in [1.82, 2.24) is 5.01 Å². The van der Waals surface area contributed by atoms with Gasteiger partial charge in [-0.2, -0.15) is 28.5 Å². The molecule has 0 saturated carbocycles. The molecule has 1 aliphatic heterocycles. The molecule has 15 heavy (non-hydrogen) atoms. The van der Waals surface area contributed by atoms with E-state index in [-0.39, 0.29) is 5.01 Å². The molecule has 1 atom stereocenters. The Kier molecular flexibility index (Phi) is 2.68. The highest BCUT2D eigenvalue weighted by molar-refractivity contribution is 5.81. The lowest BCUT2D eigenvalue weighted by Gasteiger charge is -2.32. The van der Waals surface area contributed by atoms with Gasteiger partial charge < -0.3 is 5.11 Å². The molecule has 1 heterocycles. The van der Waals surface area contributed by atoms with E-state index in [9.17, 15) is 23.1 Å². The van der Waals surface area contributed by atoms with Gasteiger partial charge >= 0.3 is 6.18 Å². The third kappa shape index (κ3) is 1.78. The van der Waals surface area contributed by atoms with Crippen molar-refractivity contribution >= 4 is 12.1 Å². The van der Waals surface area contributed by atoms with Gasteiger partial charge in [0.2, 0.25) is 0 Å². The third-order valence-corrected chi connectivity index (χ3v) is 1.84. The van der Waals surface area contributed by atoms with Gasteiger partial charge in [0.25, 0.3) is 11.6 Å². The summed E-state index contributed by atoms with van der Waals surface area (Å²) < 4.78 is 37.2. The number of nitriles is 1. The van der Waals surface area contributed by atoms with Gasteiger partial charge in [-0.3, -0.25) is 4.79 Å². The summed E-state index contributed by atoms with van der Waals surface area (Å²) in [6.07, 6.45) is -5.82. The van der Waals surface area contributed by atoms with Crippen LogP contribution in [-0.2, 0) is 4.79 Å². The molecule has 0 aromatic carbocycles. The predicted molar refractivity (Wildman–Crippen MR) is 41.2 cm³/mol. The molecule has 0 bridgehead atoms. The zero-order chi connectivity index (χ0) is 11.7. The first kappa shape index (κ1) is 11.5. The maximum Gasteiger partial charge on any atom is 0.438 e. The van der Waals surface area contributed by atoms with Crippen molar-refractivity contribution in [2.24, 2.45) is 5.10 Å². The number of carbonyl (C=O) groups is 1. The zero-order valence-corrected chi connectivity index (χ0v) is 7.32. The first-order valence-electron chi connectivity index (χ1n) is 3.84. The normalized spacial score (nSPS) is 25.4. The summed E-state index contributed by atoms with van der Waals surface area (Å²) in [6.45, 7) is 0. The van der Waals surface area contributed by atoms with Crippen molar-refractivity contribution in [1.29, 1.82) is 5.26 Å². The highest BCUT2D eigenvalue weighted by atomic mass is 19.4. The minimum atomic E-state index is -5.01. The number of alkyl halides is 3. The van der Waals surface area contributed by atoms with Crippen molar-refractivity contribution in [3.63, 3.8) is 0 Å². The molecular formula is C7H6F3N3O2. The number of rotatable bonds is 1. The number of halogens is 3. The van der Waals surface area contributed by atoms with Crippen molar-refractivity contribution in [2.75, 3.05) is 0 Å². The molecule has 1 N–H and O–H groups in total. The summed E-state index contributed by atoms with van der Waals surface area (Å²) in [5, 5.41) is 20.4. The van der Waals surface area contributed by atoms with Gasteiger partial charge in [0.1, 0.15) is 6.42 Å². The molecule has 0 aromatic rings. The van der Waals surface area contributed by atoms with Crippen LogP contribution in [0.2, 0.25) is 0 Å². The summed E-state index contributed by atoms with van der Waals surface area (Å²) >= 11 is 0. The summed E-state index contributed by atoms with van der Waals surface area (Å²) in [6, 6.07) is 1.39. The number of hydrogen-bond acceptors (Lipinski definition) is 4. The zero-order valence-electron chi connectivity index (χ0n) is 7.32. The van der Waals surface area contributed by atoms with Crippen LogP contribution in [-0.4, -0.2) is 34.1 Å². The number of amides is 1. The SMILES string of the molecule is N#CCC(=O)N1N=CCC1(O)C(F)(F)F. The van der Waals surface area contributed by atoms with Crippen LogP contribution in [0.4, 0.5) is 13.2 Å². The maximum atomic E-state index is 12.4. The molecule has 5 nitrogen and oxygen atoms in total. The Bertz CT molecular complexity index is 346. The molecule has 0 aliphatic carbocycles. The van der Waals surface area contributed by atoms with Crippen LogP contribution >= 0.6 is 0 Å².